The van der Waals surface area contributed by atoms with Gasteiger partial charge in [-0.15, -0.1) is 0 Å². The number of halogens is 1. The number of carbonyl (C=O) groups excluding carboxylic acids is 1. The van der Waals surface area contributed by atoms with Gasteiger partial charge in [-0.05, 0) is 41.2 Å². The van der Waals surface area contributed by atoms with Crippen LogP contribution in [-0.2, 0) is 16.6 Å². The number of carbonyl (C=O) groups is 1. The number of hydrogen-bond acceptors (Lipinski definition) is 1. The van der Waals surface area contributed by atoms with Crippen molar-refractivity contribution >= 4 is 5.91 Å². The standard InChI is InChI=1S/C20H24FNO/c1-14(16-7-9-17(10-8-16)20(2,3)4)22-19(23)13-15-5-11-18(21)12-6-15/h5-12,14H,13H2,1-4H3,(H,22,23)/t14-/m1/s1. The van der Waals surface area contributed by atoms with Gasteiger partial charge in [0, 0.05) is 0 Å². The van der Waals surface area contributed by atoms with Crippen LogP contribution in [0.25, 0.3) is 0 Å². The van der Waals surface area contributed by atoms with Crippen LogP contribution < -0.4 is 5.32 Å². The number of benzene rings is 2. The molecule has 0 aliphatic rings. The minimum Gasteiger partial charge on any atom is -0.349 e. The summed E-state index contributed by atoms with van der Waals surface area (Å²) in [6, 6.07) is 14.3. The van der Waals surface area contributed by atoms with Crippen LogP contribution in [0.1, 0.15) is 50.4 Å². The number of nitrogens with one attached hydrogen (secondary N) is 1. The summed E-state index contributed by atoms with van der Waals surface area (Å²) >= 11 is 0. The molecule has 2 nitrogen and oxygen atoms in total. The van der Waals surface area contributed by atoms with Gasteiger partial charge in [0.25, 0.3) is 0 Å². The summed E-state index contributed by atoms with van der Waals surface area (Å²) in [5.74, 6) is -0.356. The normalized spacial score (nSPS) is 12.7. The maximum absolute atomic E-state index is 12.9. The van der Waals surface area contributed by atoms with Gasteiger partial charge in [0.1, 0.15) is 5.82 Å². The molecule has 0 fully saturated rings. The molecule has 2 rings (SSSR count). The van der Waals surface area contributed by atoms with Crippen LogP contribution >= 0.6 is 0 Å². The molecule has 1 atom stereocenters. The topological polar surface area (TPSA) is 29.1 Å². The molecule has 0 saturated carbocycles. The Balaban J connectivity index is 1.96. The zero-order valence-electron chi connectivity index (χ0n) is 14.2. The van der Waals surface area contributed by atoms with E-state index in [9.17, 15) is 9.18 Å². The molecule has 2 aromatic carbocycles. The van der Waals surface area contributed by atoms with Gasteiger partial charge in [-0.1, -0.05) is 57.2 Å². The summed E-state index contributed by atoms with van der Waals surface area (Å²) in [6.45, 7) is 8.50. The molecule has 1 amide bonds. The molecule has 0 aromatic heterocycles. The zero-order valence-corrected chi connectivity index (χ0v) is 14.2. The van der Waals surface area contributed by atoms with Crippen LogP contribution in [0.4, 0.5) is 4.39 Å². The number of hydrogen-bond donors (Lipinski definition) is 1. The summed E-state index contributed by atoms with van der Waals surface area (Å²) in [4.78, 5) is 12.1. The van der Waals surface area contributed by atoms with E-state index >= 15 is 0 Å². The molecule has 0 aliphatic heterocycles. The fraction of sp³-hybridized carbons (Fsp3) is 0.350. The van der Waals surface area contributed by atoms with Crippen LogP contribution in [0, 0.1) is 5.82 Å². The molecule has 3 heteroatoms. The minimum absolute atomic E-state index is 0.0584. The van der Waals surface area contributed by atoms with E-state index in [0.29, 0.717) is 0 Å². The van der Waals surface area contributed by atoms with E-state index in [1.807, 2.05) is 6.92 Å². The Labute approximate surface area is 137 Å². The molecule has 0 heterocycles. The summed E-state index contributed by atoms with van der Waals surface area (Å²) in [5.41, 5.74) is 3.27. The Morgan fingerprint density at radius 2 is 1.61 bits per heavy atom. The highest BCUT2D eigenvalue weighted by molar-refractivity contribution is 5.79. The molecule has 0 aliphatic carbocycles. The lowest BCUT2D eigenvalue weighted by molar-refractivity contribution is -0.121. The molecular formula is C20H24FNO. The first-order valence-corrected chi connectivity index (χ1v) is 7.90. The second-order valence-electron chi connectivity index (χ2n) is 6.96. The molecular weight excluding hydrogens is 289 g/mol. The summed E-state index contributed by atoms with van der Waals surface area (Å²) < 4.78 is 12.9. The van der Waals surface area contributed by atoms with Crippen LogP contribution in [0.3, 0.4) is 0 Å². The highest BCUT2D eigenvalue weighted by Crippen LogP contribution is 2.23. The Morgan fingerprint density at radius 3 is 2.13 bits per heavy atom. The van der Waals surface area contributed by atoms with Gasteiger partial charge in [-0.2, -0.15) is 0 Å². The number of amides is 1. The monoisotopic (exact) mass is 313 g/mol. The van der Waals surface area contributed by atoms with Gasteiger partial charge in [0.15, 0.2) is 0 Å². The van der Waals surface area contributed by atoms with Crippen LogP contribution in [0.5, 0.6) is 0 Å². The van der Waals surface area contributed by atoms with Crippen LogP contribution in [0.2, 0.25) is 0 Å². The molecule has 122 valence electrons. The Bertz CT molecular complexity index is 654. The molecule has 2 aromatic rings. The minimum atomic E-state index is -0.290. The molecule has 0 spiro atoms. The molecule has 1 N–H and O–H groups in total. The van der Waals surface area contributed by atoms with E-state index in [1.165, 1.54) is 17.7 Å². The van der Waals surface area contributed by atoms with Gasteiger partial charge in [-0.3, -0.25) is 4.79 Å². The van der Waals surface area contributed by atoms with E-state index in [1.54, 1.807) is 12.1 Å². The maximum atomic E-state index is 12.9. The summed E-state index contributed by atoms with van der Waals surface area (Å²) in [6.07, 6.45) is 0.255. The molecule has 23 heavy (non-hydrogen) atoms. The Hall–Kier alpha value is -2.16. The van der Waals surface area contributed by atoms with Gasteiger partial charge in [0.05, 0.1) is 12.5 Å². The molecule has 0 unspecified atom stereocenters. The quantitative estimate of drug-likeness (QED) is 0.882. The van der Waals surface area contributed by atoms with Crippen molar-refractivity contribution in [1.29, 1.82) is 0 Å². The zero-order chi connectivity index (χ0) is 17.0. The van der Waals surface area contributed by atoms with Crippen LogP contribution in [0.15, 0.2) is 48.5 Å². The average molecular weight is 313 g/mol. The van der Waals surface area contributed by atoms with Crippen LogP contribution in [-0.4, -0.2) is 5.91 Å². The summed E-state index contributed by atoms with van der Waals surface area (Å²) in [7, 11) is 0. The first-order valence-electron chi connectivity index (χ1n) is 7.90. The van der Waals surface area contributed by atoms with Crippen molar-refractivity contribution < 1.29 is 9.18 Å². The lowest BCUT2D eigenvalue weighted by Gasteiger charge is -2.20. The van der Waals surface area contributed by atoms with E-state index in [-0.39, 0.29) is 29.6 Å². The third-order valence-corrected chi connectivity index (χ3v) is 3.93. The highest BCUT2D eigenvalue weighted by atomic mass is 19.1. The molecule has 0 bridgehead atoms. The highest BCUT2D eigenvalue weighted by Gasteiger charge is 2.15. The van der Waals surface area contributed by atoms with Crippen molar-refractivity contribution in [3.63, 3.8) is 0 Å². The lowest BCUT2D eigenvalue weighted by atomic mass is 9.86. The van der Waals surface area contributed by atoms with E-state index in [0.717, 1.165) is 11.1 Å². The van der Waals surface area contributed by atoms with E-state index < -0.39 is 0 Å². The predicted octanol–water partition coefficient (Wildman–Crippen LogP) is 4.54. The SMILES string of the molecule is C[C@@H](NC(=O)Cc1ccc(F)cc1)c1ccc(C(C)(C)C)cc1. The maximum Gasteiger partial charge on any atom is 0.224 e. The molecule has 0 saturated heterocycles. The van der Waals surface area contributed by atoms with E-state index in [2.05, 4.69) is 50.4 Å². The third-order valence-electron chi connectivity index (χ3n) is 3.93. The van der Waals surface area contributed by atoms with Crippen molar-refractivity contribution in [2.45, 2.75) is 45.6 Å². The van der Waals surface area contributed by atoms with Gasteiger partial charge >= 0.3 is 0 Å². The first kappa shape index (κ1) is 17.2. The largest absolute Gasteiger partial charge is 0.349 e. The van der Waals surface area contributed by atoms with Crippen molar-refractivity contribution in [3.05, 3.63) is 71.0 Å². The summed E-state index contributed by atoms with van der Waals surface area (Å²) in [5, 5.41) is 2.98. The van der Waals surface area contributed by atoms with Crippen molar-refractivity contribution in [2.24, 2.45) is 0 Å². The smallest absolute Gasteiger partial charge is 0.224 e. The fourth-order valence-corrected chi connectivity index (χ4v) is 2.44. The second kappa shape index (κ2) is 6.95. The van der Waals surface area contributed by atoms with Gasteiger partial charge < -0.3 is 5.32 Å². The van der Waals surface area contributed by atoms with Gasteiger partial charge in [0.2, 0.25) is 5.91 Å². The van der Waals surface area contributed by atoms with Gasteiger partial charge in [-0.25, -0.2) is 4.39 Å². The third kappa shape index (κ3) is 4.92. The molecule has 0 radical (unpaired) electrons. The number of rotatable bonds is 4. The Kier molecular flexibility index (Phi) is 5.19. The first-order chi connectivity index (χ1) is 10.8. The lowest BCUT2D eigenvalue weighted by Crippen LogP contribution is -2.28. The van der Waals surface area contributed by atoms with Crippen molar-refractivity contribution in [1.82, 2.24) is 5.32 Å². The predicted molar refractivity (Wildman–Crippen MR) is 91.8 cm³/mol. The van der Waals surface area contributed by atoms with Crippen molar-refractivity contribution in [2.75, 3.05) is 0 Å². The fourth-order valence-electron chi connectivity index (χ4n) is 2.44. The Morgan fingerprint density at radius 1 is 1.04 bits per heavy atom. The average Bonchev–Trinajstić information content (AvgIpc) is 2.49. The second-order valence-corrected chi connectivity index (χ2v) is 6.96. The van der Waals surface area contributed by atoms with Crippen molar-refractivity contribution in [3.8, 4) is 0 Å². The van der Waals surface area contributed by atoms with E-state index in [4.69, 9.17) is 0 Å².